The minimum atomic E-state index is -1.10. The fourth-order valence-corrected chi connectivity index (χ4v) is 4.72. The lowest BCUT2D eigenvalue weighted by Gasteiger charge is -2.16. The summed E-state index contributed by atoms with van der Waals surface area (Å²) >= 11 is 1.45. The number of fused-ring (bicyclic) bond motifs is 1. The third kappa shape index (κ3) is 5.23. The molecule has 0 bridgehead atoms. The number of benzene rings is 1. The lowest BCUT2D eigenvalue weighted by atomic mass is 9.96. The number of nitrogens with one attached hydrogen (secondary N) is 2. The number of aromatic nitrogens is 3. The van der Waals surface area contributed by atoms with E-state index in [2.05, 4.69) is 31.7 Å². The molecule has 8 nitrogen and oxygen atoms in total. The first-order valence-electron chi connectivity index (χ1n) is 11.0. The summed E-state index contributed by atoms with van der Waals surface area (Å²) in [5, 5.41) is 16.3. The van der Waals surface area contributed by atoms with Gasteiger partial charge in [-0.2, -0.15) is 0 Å². The number of anilines is 1. The maximum Gasteiger partial charge on any atom is 0.321 e. The Morgan fingerprint density at radius 1 is 1.31 bits per heavy atom. The molecular formula is C23H29N5O3S. The van der Waals surface area contributed by atoms with Crippen molar-refractivity contribution in [2.75, 3.05) is 18.5 Å². The number of hydrogen-bond donors (Lipinski definition) is 3. The fraction of sp³-hybridized carbons (Fsp3) is 0.478. The topological polar surface area (TPSA) is 109 Å². The van der Waals surface area contributed by atoms with E-state index in [1.165, 1.54) is 16.9 Å². The molecule has 1 aromatic carbocycles. The monoisotopic (exact) mass is 455 g/mol. The van der Waals surface area contributed by atoms with Crippen LogP contribution in [0.2, 0.25) is 0 Å². The van der Waals surface area contributed by atoms with Crippen LogP contribution in [0.15, 0.2) is 24.5 Å². The molecule has 170 valence electrons. The highest BCUT2D eigenvalue weighted by Crippen LogP contribution is 2.34. The molecule has 1 saturated heterocycles. The molecule has 1 atom stereocenters. The third-order valence-corrected chi connectivity index (χ3v) is 6.37. The zero-order valence-electron chi connectivity index (χ0n) is 18.6. The Balaban J connectivity index is 1.68. The summed E-state index contributed by atoms with van der Waals surface area (Å²) in [7, 11) is 0. The first kappa shape index (κ1) is 22.6. The molecule has 0 aliphatic carbocycles. The van der Waals surface area contributed by atoms with Crippen LogP contribution in [-0.4, -0.2) is 45.3 Å². The predicted molar refractivity (Wildman–Crippen MR) is 126 cm³/mol. The van der Waals surface area contributed by atoms with E-state index in [-0.39, 0.29) is 6.03 Å². The average Bonchev–Trinajstić information content (AvgIpc) is 3.40. The Labute approximate surface area is 191 Å². The zero-order valence-corrected chi connectivity index (χ0v) is 19.5. The fourth-order valence-electron chi connectivity index (χ4n) is 3.82. The van der Waals surface area contributed by atoms with Gasteiger partial charge < -0.3 is 15.2 Å². The second kappa shape index (κ2) is 9.48. The smallest absolute Gasteiger partial charge is 0.321 e. The van der Waals surface area contributed by atoms with Crippen LogP contribution in [0.1, 0.15) is 51.4 Å². The highest BCUT2D eigenvalue weighted by Gasteiger charge is 2.21. The van der Waals surface area contributed by atoms with Crippen molar-refractivity contribution in [3.8, 4) is 11.1 Å². The number of rotatable bonds is 7. The molecule has 3 heterocycles. The quantitative estimate of drug-likeness (QED) is 0.492. The van der Waals surface area contributed by atoms with E-state index in [1.807, 2.05) is 13.0 Å². The van der Waals surface area contributed by atoms with Gasteiger partial charge in [0.15, 0.2) is 11.0 Å². The van der Waals surface area contributed by atoms with Gasteiger partial charge in [0.05, 0.1) is 16.3 Å². The SMILES string of the molecule is CCNC(=O)Nc1nc2cc(-c3cnc(C(C)(C)O)nc3)c(CCC3CCCO3)cc2s1. The maximum atomic E-state index is 11.9. The van der Waals surface area contributed by atoms with Crippen molar-refractivity contribution in [3.05, 3.63) is 35.9 Å². The summed E-state index contributed by atoms with van der Waals surface area (Å²) in [5.41, 5.74) is 2.76. The Bertz CT molecular complexity index is 1090. The van der Waals surface area contributed by atoms with Gasteiger partial charge in [-0.1, -0.05) is 11.3 Å². The van der Waals surface area contributed by atoms with Gasteiger partial charge in [0.1, 0.15) is 5.60 Å². The second-order valence-corrected chi connectivity index (χ2v) is 9.54. The molecule has 0 radical (unpaired) electrons. The van der Waals surface area contributed by atoms with Crippen LogP contribution in [0, 0.1) is 0 Å². The summed E-state index contributed by atoms with van der Waals surface area (Å²) in [6, 6.07) is 3.91. The van der Waals surface area contributed by atoms with E-state index < -0.39 is 5.60 Å². The first-order valence-corrected chi connectivity index (χ1v) is 11.8. The largest absolute Gasteiger partial charge is 0.382 e. The molecule has 0 spiro atoms. The molecule has 4 rings (SSSR count). The van der Waals surface area contributed by atoms with Crippen LogP contribution < -0.4 is 10.6 Å². The molecule has 9 heteroatoms. The molecule has 1 aliphatic rings. The van der Waals surface area contributed by atoms with E-state index in [0.29, 0.717) is 23.6 Å². The summed E-state index contributed by atoms with van der Waals surface area (Å²) in [4.78, 5) is 25.3. The van der Waals surface area contributed by atoms with Gasteiger partial charge in [-0.3, -0.25) is 5.32 Å². The summed E-state index contributed by atoms with van der Waals surface area (Å²) < 4.78 is 6.83. The molecule has 1 fully saturated rings. The Morgan fingerprint density at radius 3 is 2.75 bits per heavy atom. The van der Waals surface area contributed by atoms with Gasteiger partial charge in [-0.05, 0) is 69.7 Å². The van der Waals surface area contributed by atoms with Crippen molar-refractivity contribution in [2.24, 2.45) is 0 Å². The van der Waals surface area contributed by atoms with Gasteiger partial charge in [0, 0.05) is 31.1 Å². The Hall–Kier alpha value is -2.62. The highest BCUT2D eigenvalue weighted by molar-refractivity contribution is 7.22. The average molecular weight is 456 g/mol. The number of hydrogen-bond acceptors (Lipinski definition) is 7. The number of carbonyl (C=O) groups is 1. The molecule has 1 aliphatic heterocycles. The lowest BCUT2D eigenvalue weighted by Crippen LogP contribution is -2.28. The van der Waals surface area contributed by atoms with Crippen molar-refractivity contribution in [3.63, 3.8) is 0 Å². The second-order valence-electron chi connectivity index (χ2n) is 8.51. The van der Waals surface area contributed by atoms with E-state index in [4.69, 9.17) is 4.74 Å². The van der Waals surface area contributed by atoms with E-state index in [9.17, 15) is 9.90 Å². The standard InChI is InChI=1S/C23H29N5O3S/c1-4-24-21(29)28-22-27-18-11-17(15-12-25-20(26-13-15)23(2,3)30)14(10-19(18)32-22)7-8-16-6-5-9-31-16/h10-13,16,30H,4-9H2,1-3H3,(H2,24,27,28,29). The molecule has 1 unspecified atom stereocenters. The normalized spacial score (nSPS) is 16.4. The number of nitrogens with zero attached hydrogens (tertiary/aromatic N) is 3. The van der Waals surface area contributed by atoms with Crippen molar-refractivity contribution in [2.45, 2.75) is 58.2 Å². The van der Waals surface area contributed by atoms with Crippen LogP contribution in [-0.2, 0) is 16.8 Å². The van der Waals surface area contributed by atoms with Gasteiger partial charge in [0.25, 0.3) is 0 Å². The molecule has 0 saturated carbocycles. The van der Waals surface area contributed by atoms with Gasteiger partial charge >= 0.3 is 6.03 Å². The van der Waals surface area contributed by atoms with Crippen LogP contribution in [0.25, 0.3) is 21.3 Å². The van der Waals surface area contributed by atoms with Gasteiger partial charge in [-0.15, -0.1) is 0 Å². The minimum absolute atomic E-state index is 0.263. The number of amides is 2. The summed E-state index contributed by atoms with van der Waals surface area (Å²) in [6.45, 7) is 6.59. The Kier molecular flexibility index (Phi) is 6.68. The number of aryl methyl sites for hydroxylation is 1. The zero-order chi connectivity index (χ0) is 22.7. The highest BCUT2D eigenvalue weighted by atomic mass is 32.1. The molecule has 2 aromatic heterocycles. The number of urea groups is 1. The number of thiazole rings is 1. The maximum absolute atomic E-state index is 11.9. The van der Waals surface area contributed by atoms with Crippen molar-refractivity contribution < 1.29 is 14.6 Å². The Morgan fingerprint density at radius 2 is 2.09 bits per heavy atom. The minimum Gasteiger partial charge on any atom is -0.382 e. The lowest BCUT2D eigenvalue weighted by molar-refractivity contribution is 0.0687. The van der Waals surface area contributed by atoms with E-state index >= 15 is 0 Å². The molecule has 32 heavy (non-hydrogen) atoms. The third-order valence-electron chi connectivity index (χ3n) is 5.44. The molecule has 3 N–H and O–H groups in total. The molecule has 3 aromatic rings. The first-order chi connectivity index (χ1) is 15.3. The van der Waals surface area contributed by atoms with Gasteiger partial charge in [-0.25, -0.2) is 19.7 Å². The number of aliphatic hydroxyl groups is 1. The van der Waals surface area contributed by atoms with Crippen LogP contribution in [0.3, 0.4) is 0 Å². The van der Waals surface area contributed by atoms with E-state index in [1.54, 1.807) is 26.2 Å². The number of carbonyl (C=O) groups excluding carboxylic acids is 1. The summed E-state index contributed by atoms with van der Waals surface area (Å²) in [5.74, 6) is 0.380. The number of ether oxygens (including phenoxy) is 1. The van der Waals surface area contributed by atoms with Crippen molar-refractivity contribution in [1.29, 1.82) is 0 Å². The molecule has 2 amide bonds. The van der Waals surface area contributed by atoms with Crippen LogP contribution >= 0.6 is 11.3 Å². The van der Waals surface area contributed by atoms with E-state index in [0.717, 1.165) is 53.6 Å². The van der Waals surface area contributed by atoms with Crippen LogP contribution in [0.5, 0.6) is 0 Å². The molecular weight excluding hydrogens is 426 g/mol. The summed E-state index contributed by atoms with van der Waals surface area (Å²) in [6.07, 6.45) is 7.82. The van der Waals surface area contributed by atoms with Crippen molar-refractivity contribution >= 4 is 32.7 Å². The van der Waals surface area contributed by atoms with Gasteiger partial charge in [0.2, 0.25) is 0 Å². The van der Waals surface area contributed by atoms with Crippen molar-refractivity contribution in [1.82, 2.24) is 20.3 Å². The predicted octanol–water partition coefficient (Wildman–Crippen LogP) is 4.23. The van der Waals surface area contributed by atoms with Crippen LogP contribution in [0.4, 0.5) is 9.93 Å².